The number of alkyl halides is 3. The first kappa shape index (κ1) is 16.2. The van der Waals surface area contributed by atoms with E-state index >= 15 is 0 Å². The fourth-order valence-corrected chi connectivity index (χ4v) is 1.53. The summed E-state index contributed by atoms with van der Waals surface area (Å²) in [6.45, 7) is -0.462. The molecule has 8 heteroatoms. The Balaban J connectivity index is 2.41. The van der Waals surface area contributed by atoms with E-state index in [1.807, 2.05) is 30.3 Å². The number of thiocarbonyl (C=S) groups is 1. The van der Waals surface area contributed by atoms with Crippen LogP contribution in [0.3, 0.4) is 0 Å². The molecule has 110 valence electrons. The monoisotopic (exact) mass is 306 g/mol. The lowest BCUT2D eigenvalue weighted by atomic mass is 10.1. The van der Waals surface area contributed by atoms with Crippen LogP contribution in [0, 0.1) is 5.92 Å². The Bertz CT molecular complexity index is 466. The van der Waals surface area contributed by atoms with Gasteiger partial charge in [-0.2, -0.15) is 13.2 Å². The molecule has 0 saturated carbocycles. The zero-order valence-electron chi connectivity index (χ0n) is 10.3. The summed E-state index contributed by atoms with van der Waals surface area (Å²) >= 11 is 4.80. The normalized spacial score (nSPS) is 12.6. The summed E-state index contributed by atoms with van der Waals surface area (Å²) in [7, 11) is 0. The van der Waals surface area contributed by atoms with E-state index in [9.17, 15) is 18.0 Å². The first-order chi connectivity index (χ1) is 9.30. The summed E-state index contributed by atoms with van der Waals surface area (Å²) in [5.74, 6) is -4.42. The van der Waals surface area contributed by atoms with Crippen molar-refractivity contribution in [1.29, 1.82) is 0 Å². The Morgan fingerprint density at radius 1 is 1.25 bits per heavy atom. The van der Waals surface area contributed by atoms with E-state index in [0.29, 0.717) is 6.54 Å². The van der Waals surface area contributed by atoms with Gasteiger partial charge in [0, 0.05) is 13.1 Å². The van der Waals surface area contributed by atoms with Gasteiger partial charge in [0.15, 0.2) is 11.0 Å². The predicted molar refractivity (Wildman–Crippen MR) is 71.1 cm³/mol. The summed E-state index contributed by atoms with van der Waals surface area (Å²) in [4.78, 5) is 10.5. The van der Waals surface area contributed by atoms with E-state index in [0.717, 1.165) is 5.56 Å². The number of hydrogen-bond donors (Lipinski definition) is 3. The zero-order valence-corrected chi connectivity index (χ0v) is 11.1. The lowest BCUT2D eigenvalue weighted by molar-refractivity contribution is -0.191. The smallest absolute Gasteiger partial charge is 0.403 e. The maximum atomic E-state index is 12.4. The summed E-state index contributed by atoms with van der Waals surface area (Å²) in [5.41, 5.74) is 0.905. The highest BCUT2D eigenvalue weighted by molar-refractivity contribution is 7.80. The van der Waals surface area contributed by atoms with Crippen molar-refractivity contribution in [2.75, 3.05) is 6.54 Å². The van der Waals surface area contributed by atoms with E-state index < -0.39 is 24.6 Å². The highest BCUT2D eigenvalue weighted by Crippen LogP contribution is 2.25. The van der Waals surface area contributed by atoms with Crippen LogP contribution in [0.5, 0.6) is 0 Å². The second-order valence-corrected chi connectivity index (χ2v) is 4.39. The molecule has 0 amide bonds. The third-order valence-corrected chi connectivity index (χ3v) is 2.74. The van der Waals surface area contributed by atoms with E-state index in [-0.39, 0.29) is 5.11 Å². The van der Waals surface area contributed by atoms with Crippen LogP contribution in [-0.4, -0.2) is 28.9 Å². The summed E-state index contributed by atoms with van der Waals surface area (Å²) in [5, 5.41) is 13.4. The maximum absolute atomic E-state index is 12.4. The van der Waals surface area contributed by atoms with Crippen LogP contribution >= 0.6 is 12.2 Å². The number of benzene rings is 1. The standard InChI is InChI=1S/C12H13F3N2O2S/c13-12(14,15)9(10(18)19)7-17-11(20)16-6-8-4-2-1-3-5-8/h1-5,9H,6-7H2,(H,18,19)(H2,16,17,20). The van der Waals surface area contributed by atoms with Gasteiger partial charge >= 0.3 is 12.1 Å². The maximum Gasteiger partial charge on any atom is 0.403 e. The Labute approximate surface area is 119 Å². The second-order valence-electron chi connectivity index (χ2n) is 3.98. The van der Waals surface area contributed by atoms with Crippen LogP contribution in [0.2, 0.25) is 0 Å². The van der Waals surface area contributed by atoms with Gasteiger partial charge in [-0.1, -0.05) is 30.3 Å². The number of nitrogens with one attached hydrogen (secondary N) is 2. The molecule has 3 N–H and O–H groups in total. The largest absolute Gasteiger partial charge is 0.481 e. The van der Waals surface area contributed by atoms with Crippen molar-refractivity contribution in [3.63, 3.8) is 0 Å². The lowest BCUT2D eigenvalue weighted by Crippen LogP contribution is -2.44. The molecule has 0 bridgehead atoms. The molecule has 0 aliphatic heterocycles. The third kappa shape index (κ3) is 5.43. The molecular formula is C12H13F3N2O2S. The summed E-state index contributed by atoms with van der Waals surface area (Å²) in [6, 6.07) is 9.12. The van der Waals surface area contributed by atoms with Gasteiger partial charge in [-0.15, -0.1) is 0 Å². The predicted octanol–water partition coefficient (Wildman–Crippen LogP) is 1.91. The van der Waals surface area contributed by atoms with Crippen LogP contribution in [0.4, 0.5) is 13.2 Å². The van der Waals surface area contributed by atoms with E-state index in [1.165, 1.54) is 0 Å². The number of carboxylic acid groups (broad SMARTS) is 1. The van der Waals surface area contributed by atoms with Gasteiger partial charge in [0.25, 0.3) is 0 Å². The molecule has 0 heterocycles. The molecule has 1 aromatic rings. The van der Waals surface area contributed by atoms with Crippen LogP contribution in [0.1, 0.15) is 5.56 Å². The molecule has 1 rings (SSSR count). The lowest BCUT2D eigenvalue weighted by Gasteiger charge is -2.18. The van der Waals surface area contributed by atoms with Crippen LogP contribution in [0.25, 0.3) is 0 Å². The average molecular weight is 306 g/mol. The molecule has 0 radical (unpaired) electrons. The summed E-state index contributed by atoms with van der Waals surface area (Å²) < 4.78 is 37.2. The quantitative estimate of drug-likeness (QED) is 0.726. The topological polar surface area (TPSA) is 61.4 Å². The molecule has 1 aromatic carbocycles. The Morgan fingerprint density at radius 3 is 2.35 bits per heavy atom. The number of hydrogen-bond acceptors (Lipinski definition) is 2. The van der Waals surface area contributed by atoms with Crippen molar-refractivity contribution in [2.24, 2.45) is 5.92 Å². The van der Waals surface area contributed by atoms with Crippen molar-refractivity contribution in [3.05, 3.63) is 35.9 Å². The van der Waals surface area contributed by atoms with E-state index in [1.54, 1.807) is 0 Å². The number of carbonyl (C=O) groups is 1. The molecule has 1 unspecified atom stereocenters. The molecule has 0 aliphatic rings. The molecular weight excluding hydrogens is 293 g/mol. The molecule has 0 saturated heterocycles. The number of aliphatic carboxylic acids is 1. The highest BCUT2D eigenvalue weighted by Gasteiger charge is 2.44. The van der Waals surface area contributed by atoms with Gasteiger partial charge in [-0.05, 0) is 17.8 Å². The fraction of sp³-hybridized carbons (Fsp3) is 0.333. The summed E-state index contributed by atoms with van der Waals surface area (Å²) in [6.07, 6.45) is -4.81. The van der Waals surface area contributed by atoms with Gasteiger partial charge in [-0.3, -0.25) is 4.79 Å². The molecule has 0 spiro atoms. The Morgan fingerprint density at radius 2 is 1.85 bits per heavy atom. The van der Waals surface area contributed by atoms with Crippen LogP contribution < -0.4 is 10.6 Å². The molecule has 0 fully saturated rings. The SMILES string of the molecule is O=C(O)C(CNC(=S)NCc1ccccc1)C(F)(F)F. The van der Waals surface area contributed by atoms with E-state index in [2.05, 4.69) is 10.6 Å². The first-order valence-corrected chi connectivity index (χ1v) is 6.06. The fourth-order valence-electron chi connectivity index (χ4n) is 1.38. The van der Waals surface area contributed by atoms with Crippen molar-refractivity contribution in [1.82, 2.24) is 10.6 Å². The molecule has 0 aliphatic carbocycles. The van der Waals surface area contributed by atoms with E-state index in [4.69, 9.17) is 17.3 Å². The minimum Gasteiger partial charge on any atom is -0.481 e. The highest BCUT2D eigenvalue weighted by atomic mass is 32.1. The Hall–Kier alpha value is -1.83. The van der Waals surface area contributed by atoms with Gasteiger partial charge in [0.1, 0.15) is 0 Å². The van der Waals surface area contributed by atoms with Crippen molar-refractivity contribution < 1.29 is 23.1 Å². The second kappa shape index (κ2) is 7.09. The average Bonchev–Trinajstić information content (AvgIpc) is 2.35. The van der Waals surface area contributed by atoms with Crippen LogP contribution in [-0.2, 0) is 11.3 Å². The third-order valence-electron chi connectivity index (χ3n) is 2.46. The molecule has 4 nitrogen and oxygen atoms in total. The minimum atomic E-state index is -4.81. The van der Waals surface area contributed by atoms with Gasteiger partial charge < -0.3 is 15.7 Å². The van der Waals surface area contributed by atoms with Crippen molar-refractivity contribution >= 4 is 23.3 Å². The van der Waals surface area contributed by atoms with Crippen LogP contribution in [0.15, 0.2) is 30.3 Å². The first-order valence-electron chi connectivity index (χ1n) is 5.66. The van der Waals surface area contributed by atoms with Gasteiger partial charge in [-0.25, -0.2) is 0 Å². The van der Waals surface area contributed by atoms with Crippen molar-refractivity contribution in [3.8, 4) is 0 Å². The number of carboxylic acids is 1. The van der Waals surface area contributed by atoms with Crippen molar-refractivity contribution in [2.45, 2.75) is 12.7 Å². The number of rotatable bonds is 5. The number of halogens is 3. The Kier molecular flexibility index (Phi) is 5.75. The van der Waals surface area contributed by atoms with Gasteiger partial charge in [0.05, 0.1) is 0 Å². The molecule has 20 heavy (non-hydrogen) atoms. The molecule has 0 aromatic heterocycles. The van der Waals surface area contributed by atoms with Gasteiger partial charge in [0.2, 0.25) is 0 Å². The zero-order chi connectivity index (χ0) is 15.2. The minimum absolute atomic E-state index is 0.0237. The molecule has 1 atom stereocenters.